The van der Waals surface area contributed by atoms with E-state index in [-0.39, 0.29) is 16.4 Å². The first-order valence-corrected chi connectivity index (χ1v) is 10.5. The zero-order valence-electron chi connectivity index (χ0n) is 16.5. The van der Waals surface area contributed by atoms with Crippen molar-refractivity contribution in [1.82, 2.24) is 5.32 Å². The van der Waals surface area contributed by atoms with Crippen LogP contribution in [0.1, 0.15) is 31.1 Å². The van der Waals surface area contributed by atoms with E-state index in [2.05, 4.69) is 10.0 Å². The van der Waals surface area contributed by atoms with Crippen molar-refractivity contribution in [2.24, 2.45) is 11.7 Å². The number of sulfonamides is 1. The first-order chi connectivity index (χ1) is 13.6. The van der Waals surface area contributed by atoms with Crippen molar-refractivity contribution in [3.8, 4) is 5.75 Å². The Labute approximate surface area is 170 Å². The smallest absolute Gasteiger partial charge is 0.261 e. The summed E-state index contributed by atoms with van der Waals surface area (Å²) in [6, 6.07) is 11.5. The van der Waals surface area contributed by atoms with Gasteiger partial charge >= 0.3 is 0 Å². The largest absolute Gasteiger partial charge is 0.481 e. The van der Waals surface area contributed by atoms with Crippen molar-refractivity contribution in [2.75, 3.05) is 11.3 Å². The lowest BCUT2D eigenvalue weighted by Crippen LogP contribution is -2.38. The molecule has 0 bridgehead atoms. The molecule has 9 heteroatoms. The molecule has 2 aromatic rings. The Kier molecular flexibility index (Phi) is 7.22. The molecule has 0 aliphatic heterocycles. The normalized spacial score (nSPS) is 12.3. The standard InChI is InChI=1S/C20H25N3O5S/c1-13(2)12-22-20(25)14(3)28-17-8-10-18(11-9-17)29(26,27)23-16-6-4-15(5-7-16)19(21)24/h4-11,13-14,23H,12H2,1-3H3,(H2,21,24)(H,22,25)/t14-/m1/s1. The summed E-state index contributed by atoms with van der Waals surface area (Å²) in [6.07, 6.45) is -0.710. The summed E-state index contributed by atoms with van der Waals surface area (Å²) in [7, 11) is -3.83. The highest BCUT2D eigenvalue weighted by molar-refractivity contribution is 7.92. The maximum Gasteiger partial charge on any atom is 0.261 e. The molecule has 0 spiro atoms. The molecule has 0 radical (unpaired) electrons. The second-order valence-electron chi connectivity index (χ2n) is 6.92. The lowest BCUT2D eigenvalue weighted by Gasteiger charge is -2.16. The van der Waals surface area contributed by atoms with Crippen molar-refractivity contribution in [2.45, 2.75) is 31.8 Å². The van der Waals surface area contributed by atoms with Gasteiger partial charge in [0.05, 0.1) is 4.90 Å². The molecule has 0 aliphatic rings. The number of anilines is 1. The van der Waals surface area contributed by atoms with Crippen LogP contribution in [0.25, 0.3) is 0 Å². The zero-order chi connectivity index (χ0) is 21.6. The average Bonchev–Trinajstić information content (AvgIpc) is 2.66. The number of carbonyl (C=O) groups excluding carboxylic acids is 2. The topological polar surface area (TPSA) is 128 Å². The summed E-state index contributed by atoms with van der Waals surface area (Å²) in [4.78, 5) is 23.1. The molecular formula is C20H25N3O5S. The van der Waals surface area contributed by atoms with Crippen LogP contribution in [-0.2, 0) is 14.8 Å². The van der Waals surface area contributed by atoms with E-state index >= 15 is 0 Å². The average molecular weight is 420 g/mol. The Morgan fingerprint density at radius 2 is 1.59 bits per heavy atom. The minimum atomic E-state index is -3.83. The Hall–Kier alpha value is -3.07. The van der Waals surface area contributed by atoms with Crippen molar-refractivity contribution < 1.29 is 22.7 Å². The van der Waals surface area contributed by atoms with Crippen LogP contribution < -0.4 is 20.5 Å². The van der Waals surface area contributed by atoms with Crippen molar-refractivity contribution in [3.05, 3.63) is 54.1 Å². The summed E-state index contributed by atoms with van der Waals surface area (Å²) in [6.45, 7) is 6.16. The number of nitrogens with two attached hydrogens (primary N) is 1. The minimum absolute atomic E-state index is 0.0285. The maximum atomic E-state index is 12.5. The molecule has 4 N–H and O–H groups in total. The number of hydrogen-bond donors (Lipinski definition) is 3. The third-order valence-electron chi connectivity index (χ3n) is 3.92. The minimum Gasteiger partial charge on any atom is -0.481 e. The number of hydrogen-bond acceptors (Lipinski definition) is 5. The lowest BCUT2D eigenvalue weighted by atomic mass is 10.2. The van der Waals surface area contributed by atoms with Crippen LogP contribution in [-0.4, -0.2) is 32.9 Å². The van der Waals surface area contributed by atoms with Crippen LogP contribution in [0.4, 0.5) is 5.69 Å². The fourth-order valence-corrected chi connectivity index (χ4v) is 3.38. The molecule has 0 saturated carbocycles. The van der Waals surface area contributed by atoms with Gasteiger partial charge in [-0.05, 0) is 61.4 Å². The summed E-state index contributed by atoms with van der Waals surface area (Å²) in [5.74, 6) is -0.129. The molecule has 29 heavy (non-hydrogen) atoms. The number of primary amides is 1. The predicted octanol–water partition coefficient (Wildman–Crippen LogP) is 2.13. The van der Waals surface area contributed by atoms with Gasteiger partial charge in [-0.2, -0.15) is 0 Å². The van der Waals surface area contributed by atoms with E-state index in [1.165, 1.54) is 48.5 Å². The summed E-state index contributed by atoms with van der Waals surface area (Å²) in [5, 5.41) is 2.78. The van der Waals surface area contributed by atoms with Crippen molar-refractivity contribution >= 4 is 27.5 Å². The van der Waals surface area contributed by atoms with Gasteiger partial charge in [-0.15, -0.1) is 0 Å². The second kappa shape index (κ2) is 9.42. The van der Waals surface area contributed by atoms with Crippen LogP contribution in [0.15, 0.2) is 53.4 Å². The SMILES string of the molecule is CC(C)CNC(=O)[C@@H](C)Oc1ccc(S(=O)(=O)Nc2ccc(C(N)=O)cc2)cc1. The van der Waals surface area contributed by atoms with E-state index in [0.717, 1.165) is 0 Å². The first kappa shape index (κ1) is 22.2. The maximum absolute atomic E-state index is 12.5. The third kappa shape index (κ3) is 6.49. The molecule has 0 aliphatic carbocycles. The van der Waals surface area contributed by atoms with E-state index in [1.807, 2.05) is 13.8 Å². The highest BCUT2D eigenvalue weighted by Crippen LogP contribution is 2.20. The van der Waals surface area contributed by atoms with Crippen LogP contribution in [0.5, 0.6) is 5.75 Å². The molecule has 0 heterocycles. The highest BCUT2D eigenvalue weighted by atomic mass is 32.2. The monoisotopic (exact) mass is 419 g/mol. The first-order valence-electron chi connectivity index (χ1n) is 9.05. The quantitative estimate of drug-likeness (QED) is 0.574. The van der Waals surface area contributed by atoms with Crippen molar-refractivity contribution in [1.29, 1.82) is 0 Å². The molecule has 0 aromatic heterocycles. The predicted molar refractivity (Wildman–Crippen MR) is 110 cm³/mol. The van der Waals surface area contributed by atoms with Gasteiger partial charge in [0.1, 0.15) is 5.75 Å². The Bertz CT molecular complexity index is 955. The zero-order valence-corrected chi connectivity index (χ0v) is 17.3. The number of carbonyl (C=O) groups is 2. The number of amides is 2. The number of ether oxygens (including phenoxy) is 1. The number of benzene rings is 2. The van der Waals surface area contributed by atoms with Gasteiger partial charge in [0.2, 0.25) is 5.91 Å². The molecule has 0 unspecified atom stereocenters. The number of nitrogens with one attached hydrogen (secondary N) is 2. The van der Waals surface area contributed by atoms with Gasteiger partial charge in [-0.1, -0.05) is 13.8 Å². The third-order valence-corrected chi connectivity index (χ3v) is 5.32. The highest BCUT2D eigenvalue weighted by Gasteiger charge is 2.17. The molecule has 8 nitrogen and oxygen atoms in total. The summed E-state index contributed by atoms with van der Waals surface area (Å²) in [5.41, 5.74) is 5.74. The van der Waals surface area contributed by atoms with E-state index in [4.69, 9.17) is 10.5 Å². The summed E-state index contributed by atoms with van der Waals surface area (Å²) >= 11 is 0. The Balaban J connectivity index is 2.02. The van der Waals surface area contributed by atoms with E-state index in [9.17, 15) is 18.0 Å². The van der Waals surface area contributed by atoms with Gasteiger partial charge in [-0.3, -0.25) is 14.3 Å². The van der Waals surface area contributed by atoms with Gasteiger partial charge in [0, 0.05) is 17.8 Å². The van der Waals surface area contributed by atoms with Crippen molar-refractivity contribution in [3.63, 3.8) is 0 Å². The molecule has 0 fully saturated rings. The van der Waals surface area contributed by atoms with Crippen LogP contribution >= 0.6 is 0 Å². The molecule has 2 rings (SSSR count). The van der Waals surface area contributed by atoms with E-state index in [0.29, 0.717) is 23.9 Å². The molecule has 0 saturated heterocycles. The summed E-state index contributed by atoms with van der Waals surface area (Å²) < 4.78 is 33.0. The van der Waals surface area contributed by atoms with E-state index < -0.39 is 22.0 Å². The van der Waals surface area contributed by atoms with E-state index in [1.54, 1.807) is 6.92 Å². The Morgan fingerprint density at radius 1 is 1.00 bits per heavy atom. The Morgan fingerprint density at radius 3 is 2.10 bits per heavy atom. The fourth-order valence-electron chi connectivity index (χ4n) is 2.32. The van der Waals surface area contributed by atoms with Gasteiger partial charge in [0.15, 0.2) is 6.10 Å². The molecular weight excluding hydrogens is 394 g/mol. The second-order valence-corrected chi connectivity index (χ2v) is 8.60. The van der Waals surface area contributed by atoms with Crippen LogP contribution in [0.2, 0.25) is 0 Å². The molecule has 2 aromatic carbocycles. The van der Waals surface area contributed by atoms with Gasteiger partial charge in [0.25, 0.3) is 15.9 Å². The fraction of sp³-hybridized carbons (Fsp3) is 0.300. The van der Waals surface area contributed by atoms with Gasteiger partial charge < -0.3 is 15.8 Å². The van der Waals surface area contributed by atoms with Gasteiger partial charge in [-0.25, -0.2) is 8.42 Å². The lowest BCUT2D eigenvalue weighted by molar-refractivity contribution is -0.127. The van der Waals surface area contributed by atoms with Crippen LogP contribution in [0, 0.1) is 5.92 Å². The van der Waals surface area contributed by atoms with Crippen LogP contribution in [0.3, 0.4) is 0 Å². The molecule has 156 valence electrons. The molecule has 2 amide bonds. The molecule has 1 atom stereocenters. The number of rotatable bonds is 9.